The molecule has 4 aliphatic rings. The molecule has 1 aromatic rings. The Morgan fingerprint density at radius 1 is 1.08 bits per heavy atom. The number of fused-ring (bicyclic) bond motifs is 1. The van der Waals surface area contributed by atoms with Crippen LogP contribution in [0.4, 0.5) is 13.2 Å². The predicted octanol–water partition coefficient (Wildman–Crippen LogP) is 2.26. The second kappa shape index (κ2) is 5.42. The maximum absolute atomic E-state index is 14.3. The van der Waals surface area contributed by atoms with E-state index in [4.69, 9.17) is 0 Å². The van der Waals surface area contributed by atoms with Gasteiger partial charge in [-0.3, -0.25) is 19.4 Å². The van der Waals surface area contributed by atoms with E-state index in [1.807, 2.05) is 30.3 Å². The zero-order valence-corrected chi connectivity index (χ0v) is 14.4. The van der Waals surface area contributed by atoms with Gasteiger partial charge in [0.2, 0.25) is 11.8 Å². The molecule has 2 bridgehead atoms. The van der Waals surface area contributed by atoms with Crippen molar-refractivity contribution >= 4 is 11.8 Å². The molecule has 4 nitrogen and oxygen atoms in total. The number of hydrogen-bond donors (Lipinski definition) is 0. The number of amides is 2. The SMILES string of the molecule is CN1C(=O)[C@@H]2[C@@H]3C=C[C@](C(F)(F)F)([C@@H]2C1=O)N(C)[C@H]3Cc1ccccc1. The van der Waals surface area contributed by atoms with E-state index in [0.29, 0.717) is 6.42 Å². The molecule has 5 atom stereocenters. The second-order valence-electron chi connectivity index (χ2n) is 7.37. The number of likely N-dealkylation sites (N-methyl/N-ethyl adjacent to an activating group) is 1. The lowest BCUT2D eigenvalue weighted by atomic mass is 9.59. The number of rotatable bonds is 2. The summed E-state index contributed by atoms with van der Waals surface area (Å²) >= 11 is 0. The van der Waals surface area contributed by atoms with Gasteiger partial charge in [-0.05, 0) is 19.0 Å². The molecule has 0 spiro atoms. The Labute approximate surface area is 149 Å². The molecule has 3 aliphatic heterocycles. The fourth-order valence-electron chi connectivity index (χ4n) is 5.00. The maximum atomic E-state index is 14.3. The molecule has 0 radical (unpaired) electrons. The number of nitrogens with zero attached hydrogens (tertiary/aromatic N) is 2. The van der Waals surface area contributed by atoms with Crippen molar-refractivity contribution in [2.45, 2.75) is 24.2 Å². The van der Waals surface area contributed by atoms with E-state index in [1.54, 1.807) is 0 Å². The summed E-state index contributed by atoms with van der Waals surface area (Å²) in [6.07, 6.45) is -1.67. The van der Waals surface area contributed by atoms with Crippen molar-refractivity contribution in [1.82, 2.24) is 9.80 Å². The Kier molecular flexibility index (Phi) is 3.60. The van der Waals surface area contributed by atoms with Gasteiger partial charge in [-0.25, -0.2) is 0 Å². The molecule has 26 heavy (non-hydrogen) atoms. The summed E-state index contributed by atoms with van der Waals surface area (Å²) in [7, 11) is 2.70. The topological polar surface area (TPSA) is 40.6 Å². The third-order valence-electron chi connectivity index (χ3n) is 6.30. The lowest BCUT2D eigenvalue weighted by molar-refractivity contribution is -0.256. The van der Waals surface area contributed by atoms with E-state index >= 15 is 0 Å². The van der Waals surface area contributed by atoms with Crippen LogP contribution in [0, 0.1) is 17.8 Å². The van der Waals surface area contributed by atoms with Crippen LogP contribution < -0.4 is 0 Å². The first-order chi connectivity index (χ1) is 12.2. The third-order valence-corrected chi connectivity index (χ3v) is 6.30. The third kappa shape index (κ3) is 2.00. The van der Waals surface area contributed by atoms with Gasteiger partial charge in [-0.2, -0.15) is 13.2 Å². The van der Waals surface area contributed by atoms with Gasteiger partial charge in [-0.1, -0.05) is 42.5 Å². The van der Waals surface area contributed by atoms with Crippen molar-refractivity contribution in [3.8, 4) is 0 Å². The minimum Gasteiger partial charge on any atom is -0.285 e. The molecule has 0 unspecified atom stereocenters. The Bertz CT molecular complexity index is 792. The average molecular weight is 364 g/mol. The fraction of sp³-hybridized carbons (Fsp3) is 0.474. The predicted molar refractivity (Wildman–Crippen MR) is 87.9 cm³/mol. The number of hydrogen-bond acceptors (Lipinski definition) is 3. The van der Waals surface area contributed by atoms with E-state index in [9.17, 15) is 22.8 Å². The van der Waals surface area contributed by atoms with Gasteiger partial charge in [0.25, 0.3) is 0 Å². The summed E-state index contributed by atoms with van der Waals surface area (Å²) in [5, 5.41) is 0. The van der Waals surface area contributed by atoms with Crippen molar-refractivity contribution in [3.05, 3.63) is 48.0 Å². The molecule has 3 heterocycles. The van der Waals surface area contributed by atoms with Gasteiger partial charge in [0.15, 0.2) is 0 Å². The molecule has 5 rings (SSSR count). The zero-order valence-electron chi connectivity index (χ0n) is 14.4. The highest BCUT2D eigenvalue weighted by Crippen LogP contribution is 2.58. The summed E-state index contributed by atoms with van der Waals surface area (Å²) in [5.74, 6) is -4.03. The highest BCUT2D eigenvalue weighted by molar-refractivity contribution is 6.06. The molecule has 1 aliphatic carbocycles. The highest BCUT2D eigenvalue weighted by Gasteiger charge is 2.75. The lowest BCUT2D eigenvalue weighted by Crippen LogP contribution is -2.73. The molecule has 0 N–H and O–H groups in total. The molecule has 2 amide bonds. The Hall–Kier alpha value is -2.15. The first-order valence-corrected chi connectivity index (χ1v) is 8.54. The standard InChI is InChI=1S/C19H19F3N2O2/c1-23-16(25)14-12-8-9-18(19(20,21)22,15(14)17(23)26)24(2)13(12)10-11-6-4-3-5-7-11/h3-9,12-15H,10H2,1-2H3/t12-,13+,14-,15+,18-/m1/s1. The number of carbonyl (C=O) groups is 2. The van der Waals surface area contributed by atoms with Crippen LogP contribution in [0.1, 0.15) is 5.56 Å². The number of benzene rings is 1. The highest BCUT2D eigenvalue weighted by atomic mass is 19.4. The van der Waals surface area contributed by atoms with Crippen molar-refractivity contribution in [1.29, 1.82) is 0 Å². The van der Waals surface area contributed by atoms with Gasteiger partial charge < -0.3 is 0 Å². The summed E-state index contributed by atoms with van der Waals surface area (Å²) in [5.41, 5.74) is -1.53. The molecule has 0 aromatic heterocycles. The fourth-order valence-corrected chi connectivity index (χ4v) is 5.00. The second-order valence-corrected chi connectivity index (χ2v) is 7.37. The van der Waals surface area contributed by atoms with E-state index in [2.05, 4.69) is 0 Å². The molecular weight excluding hydrogens is 345 g/mol. The van der Waals surface area contributed by atoms with Gasteiger partial charge in [0.1, 0.15) is 5.54 Å². The maximum Gasteiger partial charge on any atom is 0.411 e. The minimum atomic E-state index is -4.66. The van der Waals surface area contributed by atoms with Crippen molar-refractivity contribution < 1.29 is 22.8 Å². The van der Waals surface area contributed by atoms with Crippen molar-refractivity contribution in [2.75, 3.05) is 14.1 Å². The molecular formula is C19H19F3N2O2. The van der Waals surface area contributed by atoms with Crippen LogP contribution in [-0.2, 0) is 16.0 Å². The van der Waals surface area contributed by atoms with Crippen LogP contribution in [0.2, 0.25) is 0 Å². The van der Waals surface area contributed by atoms with E-state index < -0.39 is 47.3 Å². The number of halogens is 3. The molecule has 7 heteroatoms. The largest absolute Gasteiger partial charge is 0.411 e. The number of imide groups is 1. The van der Waals surface area contributed by atoms with Gasteiger partial charge in [0, 0.05) is 19.0 Å². The number of alkyl halides is 3. The van der Waals surface area contributed by atoms with E-state index in [0.717, 1.165) is 16.5 Å². The van der Waals surface area contributed by atoms with Crippen molar-refractivity contribution in [2.24, 2.45) is 17.8 Å². The van der Waals surface area contributed by atoms with Crippen LogP contribution in [0.15, 0.2) is 42.5 Å². The Morgan fingerprint density at radius 3 is 2.35 bits per heavy atom. The first kappa shape index (κ1) is 17.3. The van der Waals surface area contributed by atoms with Crippen LogP contribution in [0.5, 0.6) is 0 Å². The number of carbonyl (C=O) groups excluding carboxylic acids is 2. The average Bonchev–Trinajstić information content (AvgIpc) is 2.84. The minimum absolute atomic E-state index is 0.387. The summed E-state index contributed by atoms with van der Waals surface area (Å²) in [6.45, 7) is 0. The Balaban J connectivity index is 1.84. The monoisotopic (exact) mass is 364 g/mol. The molecule has 1 aromatic carbocycles. The zero-order chi connectivity index (χ0) is 18.9. The molecule has 0 saturated carbocycles. The van der Waals surface area contributed by atoms with Crippen LogP contribution >= 0.6 is 0 Å². The summed E-state index contributed by atoms with van der Waals surface area (Å²) in [6, 6.07) is 8.76. The first-order valence-electron chi connectivity index (χ1n) is 8.54. The van der Waals surface area contributed by atoms with Crippen LogP contribution in [0.3, 0.4) is 0 Å². The van der Waals surface area contributed by atoms with Crippen LogP contribution in [-0.4, -0.2) is 53.5 Å². The molecule has 2 saturated heterocycles. The van der Waals surface area contributed by atoms with E-state index in [1.165, 1.54) is 25.1 Å². The lowest BCUT2D eigenvalue weighted by Gasteiger charge is -2.58. The molecule has 2 fully saturated rings. The number of likely N-dealkylation sites (tertiary alicyclic amines) is 1. The summed E-state index contributed by atoms with van der Waals surface area (Å²) < 4.78 is 42.8. The number of piperidine rings is 1. The normalized spacial score (nSPS) is 36.7. The van der Waals surface area contributed by atoms with E-state index in [-0.39, 0.29) is 0 Å². The van der Waals surface area contributed by atoms with Gasteiger partial charge in [-0.15, -0.1) is 0 Å². The Morgan fingerprint density at radius 2 is 1.73 bits per heavy atom. The smallest absolute Gasteiger partial charge is 0.285 e. The van der Waals surface area contributed by atoms with Gasteiger partial charge >= 0.3 is 6.18 Å². The van der Waals surface area contributed by atoms with Gasteiger partial charge in [0.05, 0.1) is 11.8 Å². The quantitative estimate of drug-likeness (QED) is 0.597. The van der Waals surface area contributed by atoms with Crippen LogP contribution in [0.25, 0.3) is 0 Å². The molecule has 138 valence electrons. The van der Waals surface area contributed by atoms with Crippen molar-refractivity contribution in [3.63, 3.8) is 0 Å². The summed E-state index contributed by atoms with van der Waals surface area (Å²) in [4.78, 5) is 27.3.